The molecule has 0 saturated heterocycles. The Kier molecular flexibility index (Phi) is 3.79. The van der Waals surface area contributed by atoms with Gasteiger partial charge in [-0.15, -0.1) is 0 Å². The van der Waals surface area contributed by atoms with E-state index in [0.29, 0.717) is 18.8 Å². The van der Waals surface area contributed by atoms with E-state index in [9.17, 15) is 4.79 Å². The average Bonchev–Trinajstić information content (AvgIpc) is 3.27. The molecule has 132 valence electrons. The lowest BCUT2D eigenvalue weighted by atomic mass is 9.95. The van der Waals surface area contributed by atoms with Crippen molar-refractivity contribution in [3.63, 3.8) is 0 Å². The lowest BCUT2D eigenvalue weighted by Gasteiger charge is -2.16. The highest BCUT2D eigenvalue weighted by Gasteiger charge is 2.29. The molecule has 0 aromatic carbocycles. The van der Waals surface area contributed by atoms with E-state index in [4.69, 9.17) is 0 Å². The molecule has 1 aliphatic rings. The monoisotopic (exact) mass is 348 g/mol. The second-order valence-corrected chi connectivity index (χ2v) is 7.48. The van der Waals surface area contributed by atoms with Gasteiger partial charge in [-0.1, -0.05) is 20.8 Å². The molecule has 0 saturated carbocycles. The molecule has 0 bridgehead atoms. The molecule has 4 rings (SSSR count). The zero-order valence-electron chi connectivity index (χ0n) is 15.0. The summed E-state index contributed by atoms with van der Waals surface area (Å²) in [4.78, 5) is 27.7. The number of nitrogens with zero attached hydrogens (tertiary/aromatic N) is 5. The van der Waals surface area contributed by atoms with Crippen LogP contribution in [0.3, 0.4) is 0 Å². The second-order valence-electron chi connectivity index (χ2n) is 7.48. The zero-order valence-corrected chi connectivity index (χ0v) is 15.0. The van der Waals surface area contributed by atoms with Gasteiger partial charge in [0.1, 0.15) is 11.5 Å². The van der Waals surface area contributed by atoms with Crippen LogP contribution in [0, 0.1) is 0 Å². The van der Waals surface area contributed by atoms with E-state index in [2.05, 4.69) is 45.9 Å². The Labute approximate surface area is 151 Å². The number of hydrogen-bond donors (Lipinski definition) is 1. The molecule has 1 aliphatic heterocycles. The van der Waals surface area contributed by atoms with Gasteiger partial charge in [0.05, 0.1) is 17.9 Å². The molecule has 26 heavy (non-hydrogen) atoms. The molecular weight excluding hydrogens is 328 g/mol. The molecule has 7 nitrogen and oxygen atoms in total. The Morgan fingerprint density at radius 2 is 1.96 bits per heavy atom. The topological polar surface area (TPSA) is 87.7 Å². The molecule has 1 N–H and O–H groups in total. The maximum atomic E-state index is 12.8. The first-order valence-corrected chi connectivity index (χ1v) is 8.52. The van der Waals surface area contributed by atoms with Crippen LogP contribution in [0.15, 0.2) is 36.8 Å². The summed E-state index contributed by atoms with van der Waals surface area (Å²) in [6.07, 6.45) is 5.24. The molecule has 0 unspecified atom stereocenters. The van der Waals surface area contributed by atoms with Gasteiger partial charge in [0.25, 0.3) is 5.91 Å². The summed E-state index contributed by atoms with van der Waals surface area (Å²) in [5.41, 5.74) is 3.92. The third-order valence-electron chi connectivity index (χ3n) is 4.40. The Hall–Kier alpha value is -3.09. The molecule has 0 atom stereocenters. The average molecular weight is 348 g/mol. The quantitative estimate of drug-likeness (QED) is 0.769. The third-order valence-corrected chi connectivity index (χ3v) is 4.40. The second kappa shape index (κ2) is 6.01. The van der Waals surface area contributed by atoms with E-state index in [1.807, 2.05) is 18.3 Å². The van der Waals surface area contributed by atoms with Crippen LogP contribution in [0.5, 0.6) is 0 Å². The lowest BCUT2D eigenvalue weighted by molar-refractivity contribution is 0.0744. The molecular formula is C19H20N6O. The zero-order chi connectivity index (χ0) is 18.3. The van der Waals surface area contributed by atoms with Crippen LogP contribution in [-0.4, -0.2) is 36.0 Å². The lowest BCUT2D eigenvalue weighted by Crippen LogP contribution is -2.25. The summed E-state index contributed by atoms with van der Waals surface area (Å²) in [5, 5.41) is 7.09. The summed E-state index contributed by atoms with van der Waals surface area (Å²) in [6.45, 7) is 7.25. The number of amides is 1. The number of H-pyrrole nitrogens is 1. The molecule has 0 fully saturated rings. The fourth-order valence-electron chi connectivity index (χ4n) is 2.93. The van der Waals surface area contributed by atoms with Crippen LogP contribution in [-0.2, 0) is 18.5 Å². The first-order valence-electron chi connectivity index (χ1n) is 8.52. The fourth-order valence-corrected chi connectivity index (χ4v) is 2.93. The van der Waals surface area contributed by atoms with Crippen molar-refractivity contribution < 1.29 is 4.79 Å². The summed E-state index contributed by atoms with van der Waals surface area (Å²) < 4.78 is 0. The van der Waals surface area contributed by atoms with Crippen molar-refractivity contribution in [1.82, 2.24) is 30.0 Å². The first-order chi connectivity index (χ1) is 12.4. The van der Waals surface area contributed by atoms with Gasteiger partial charge >= 0.3 is 0 Å². The van der Waals surface area contributed by atoms with Crippen molar-refractivity contribution >= 4 is 5.91 Å². The predicted octanol–water partition coefficient (Wildman–Crippen LogP) is 2.72. The Balaban J connectivity index is 1.54. The molecule has 4 heterocycles. The van der Waals surface area contributed by atoms with E-state index >= 15 is 0 Å². The van der Waals surface area contributed by atoms with Crippen LogP contribution in [0.2, 0.25) is 0 Å². The number of nitrogens with one attached hydrogen (secondary N) is 1. The van der Waals surface area contributed by atoms with Crippen LogP contribution >= 0.6 is 0 Å². The van der Waals surface area contributed by atoms with E-state index in [-0.39, 0.29) is 11.3 Å². The molecule has 7 heteroatoms. The van der Waals surface area contributed by atoms with Gasteiger partial charge in [-0.3, -0.25) is 14.9 Å². The highest BCUT2D eigenvalue weighted by molar-refractivity contribution is 5.93. The molecule has 0 aliphatic carbocycles. The highest BCUT2D eigenvalue weighted by Crippen LogP contribution is 2.26. The predicted molar refractivity (Wildman–Crippen MR) is 96.1 cm³/mol. The van der Waals surface area contributed by atoms with Crippen molar-refractivity contribution in [1.29, 1.82) is 0 Å². The first kappa shape index (κ1) is 16.4. The third kappa shape index (κ3) is 2.96. The smallest absolute Gasteiger partial charge is 0.272 e. The number of pyridine rings is 1. The Morgan fingerprint density at radius 3 is 2.69 bits per heavy atom. The van der Waals surface area contributed by atoms with Crippen molar-refractivity contribution in [2.24, 2.45) is 0 Å². The summed E-state index contributed by atoms with van der Waals surface area (Å²) in [7, 11) is 0. The van der Waals surface area contributed by atoms with Gasteiger partial charge in [-0.25, -0.2) is 9.97 Å². The van der Waals surface area contributed by atoms with Crippen molar-refractivity contribution in [2.45, 2.75) is 39.3 Å². The van der Waals surface area contributed by atoms with E-state index in [1.165, 1.54) is 0 Å². The van der Waals surface area contributed by atoms with Crippen LogP contribution < -0.4 is 0 Å². The fraction of sp³-hybridized carbons (Fsp3) is 0.316. The van der Waals surface area contributed by atoms with Gasteiger partial charge in [0.15, 0.2) is 0 Å². The number of hydrogen-bond acceptors (Lipinski definition) is 5. The number of carbonyl (C=O) groups is 1. The van der Waals surface area contributed by atoms with Crippen LogP contribution in [0.4, 0.5) is 0 Å². The van der Waals surface area contributed by atoms with E-state index < -0.39 is 0 Å². The largest absolute Gasteiger partial charge is 0.327 e. The van der Waals surface area contributed by atoms with Gasteiger partial charge in [0, 0.05) is 41.7 Å². The Bertz CT molecular complexity index is 958. The molecule has 0 radical (unpaired) electrons. The van der Waals surface area contributed by atoms with Gasteiger partial charge in [-0.2, -0.15) is 5.10 Å². The molecule has 1 amide bonds. The Morgan fingerprint density at radius 1 is 1.19 bits per heavy atom. The molecule has 3 aromatic heterocycles. The minimum atomic E-state index is -0.116. The maximum Gasteiger partial charge on any atom is 0.272 e. The SMILES string of the molecule is CC(C)(C)c1ncc2c(n1)CN(C(=O)c1cc(-c3ccncc3)n[nH]1)C2. The molecule has 3 aromatic rings. The minimum absolute atomic E-state index is 0.0897. The van der Waals surface area contributed by atoms with Crippen molar-refractivity contribution in [3.8, 4) is 11.3 Å². The number of aromatic nitrogens is 5. The number of rotatable bonds is 2. The summed E-state index contributed by atoms with van der Waals surface area (Å²) in [6, 6.07) is 5.49. The normalized spacial score (nSPS) is 13.7. The van der Waals surface area contributed by atoms with Gasteiger partial charge in [-0.05, 0) is 18.2 Å². The minimum Gasteiger partial charge on any atom is -0.327 e. The van der Waals surface area contributed by atoms with Crippen molar-refractivity contribution in [3.05, 3.63) is 59.6 Å². The standard InChI is InChI=1S/C19H20N6O/c1-19(2,3)18-21-9-13-10-25(11-16(13)22-18)17(26)15-8-14(23-24-15)12-4-6-20-7-5-12/h4-9H,10-11H2,1-3H3,(H,23,24). The maximum absolute atomic E-state index is 12.8. The summed E-state index contributed by atoms with van der Waals surface area (Å²) >= 11 is 0. The van der Waals surface area contributed by atoms with Gasteiger partial charge < -0.3 is 4.90 Å². The summed E-state index contributed by atoms with van der Waals surface area (Å²) in [5.74, 6) is 0.708. The van der Waals surface area contributed by atoms with Crippen LogP contribution in [0.1, 0.15) is 48.3 Å². The van der Waals surface area contributed by atoms with E-state index in [1.54, 1.807) is 23.4 Å². The highest BCUT2D eigenvalue weighted by atomic mass is 16.2. The van der Waals surface area contributed by atoms with Crippen molar-refractivity contribution in [2.75, 3.05) is 0 Å². The number of carbonyl (C=O) groups excluding carboxylic acids is 1. The van der Waals surface area contributed by atoms with Crippen LogP contribution in [0.25, 0.3) is 11.3 Å². The van der Waals surface area contributed by atoms with Gasteiger partial charge in [0.2, 0.25) is 0 Å². The number of fused-ring (bicyclic) bond motifs is 1. The van der Waals surface area contributed by atoms with E-state index in [0.717, 1.165) is 28.3 Å². The number of aromatic amines is 1. The molecule has 0 spiro atoms.